The number of aliphatic hydroxyl groups excluding tert-OH is 3. The van der Waals surface area contributed by atoms with Gasteiger partial charge in [-0.05, 0) is 6.08 Å². The molecule has 2 heterocycles. The number of ether oxygens (including phenoxy) is 1. The number of carbonyl (C=O) groups is 1. The Labute approximate surface area is 103 Å². The molecular weight excluding hydrogens is 244 g/mol. The number of nitrogens with one attached hydrogen (secondary N) is 2. The van der Waals surface area contributed by atoms with Gasteiger partial charge in [-0.15, -0.1) is 0 Å². The van der Waals surface area contributed by atoms with Crippen LogP contribution >= 0.6 is 0 Å². The first-order valence-electron chi connectivity index (χ1n) is 5.44. The normalized spacial score (nSPS) is 40.1. The zero-order valence-electron chi connectivity index (χ0n) is 9.43. The van der Waals surface area contributed by atoms with E-state index < -0.39 is 43.3 Å². The van der Waals surface area contributed by atoms with Gasteiger partial charge in [0.15, 0.2) is 6.23 Å². The van der Waals surface area contributed by atoms with E-state index in [9.17, 15) is 15.0 Å². The maximum atomic E-state index is 11.7. The van der Waals surface area contributed by atoms with E-state index in [1.165, 1.54) is 6.20 Å². The molecule has 9 heteroatoms. The summed E-state index contributed by atoms with van der Waals surface area (Å²) in [6, 6.07) is -0.532. The number of aliphatic hydroxyl groups is 3. The predicted molar refractivity (Wildman–Crippen MR) is 58.4 cm³/mol. The van der Waals surface area contributed by atoms with Gasteiger partial charge in [0.1, 0.15) is 24.5 Å². The first kappa shape index (κ1) is 13.2. The topological polar surface area (TPSA) is 140 Å². The Bertz CT molecular complexity index is 352. The third-order valence-corrected chi connectivity index (χ3v) is 2.92. The van der Waals surface area contributed by atoms with E-state index in [1.54, 1.807) is 6.08 Å². The number of nitrogens with two attached hydrogens (primary N) is 1. The molecule has 0 aliphatic carbocycles. The van der Waals surface area contributed by atoms with E-state index in [4.69, 9.17) is 15.7 Å². The van der Waals surface area contributed by atoms with E-state index in [0.29, 0.717) is 0 Å². The number of urea groups is 1. The van der Waals surface area contributed by atoms with E-state index >= 15 is 0 Å². The fourth-order valence-electron chi connectivity index (χ4n) is 1.91. The van der Waals surface area contributed by atoms with Crippen molar-refractivity contribution in [1.82, 2.24) is 15.6 Å². The molecule has 1 unspecified atom stereocenters. The number of nitrogens with zero attached hydrogens (tertiary/aromatic N) is 1. The van der Waals surface area contributed by atoms with E-state index in [2.05, 4.69) is 10.7 Å². The summed E-state index contributed by atoms with van der Waals surface area (Å²) in [6.07, 6.45) is -2.07. The largest absolute Gasteiger partial charge is 0.394 e. The van der Waals surface area contributed by atoms with Crippen molar-refractivity contribution in [2.45, 2.75) is 30.7 Å². The first-order valence-corrected chi connectivity index (χ1v) is 5.44. The predicted octanol–water partition coefficient (Wildman–Crippen LogP) is -3.25. The number of hydrogen-bond acceptors (Lipinski definition) is 7. The lowest BCUT2D eigenvalue weighted by Gasteiger charge is -2.32. The van der Waals surface area contributed by atoms with Gasteiger partial charge in [-0.1, -0.05) is 0 Å². The van der Waals surface area contributed by atoms with Crippen LogP contribution < -0.4 is 16.6 Å². The summed E-state index contributed by atoms with van der Waals surface area (Å²) in [5.74, 6) is 5.17. The van der Waals surface area contributed by atoms with Gasteiger partial charge in [0, 0.05) is 6.20 Å². The Morgan fingerprint density at radius 2 is 2.22 bits per heavy atom. The molecule has 0 bridgehead atoms. The Balaban J connectivity index is 2.11. The Hall–Kier alpha value is -1.23. The van der Waals surface area contributed by atoms with Crippen molar-refractivity contribution in [3.8, 4) is 0 Å². The van der Waals surface area contributed by atoms with Crippen LogP contribution in [0.25, 0.3) is 0 Å². The molecule has 0 aromatic heterocycles. The van der Waals surface area contributed by atoms with Crippen LogP contribution in [-0.4, -0.2) is 63.6 Å². The zero-order valence-corrected chi connectivity index (χ0v) is 9.43. The van der Waals surface area contributed by atoms with E-state index in [-0.39, 0.29) is 0 Å². The summed E-state index contributed by atoms with van der Waals surface area (Å²) in [4.78, 5) is 12.8. The van der Waals surface area contributed by atoms with Crippen LogP contribution in [0.2, 0.25) is 0 Å². The maximum absolute atomic E-state index is 11.7. The molecule has 2 aliphatic rings. The molecule has 0 aromatic rings. The number of amides is 2. The van der Waals surface area contributed by atoms with Crippen molar-refractivity contribution < 1.29 is 24.9 Å². The van der Waals surface area contributed by atoms with Crippen LogP contribution in [0.3, 0.4) is 0 Å². The molecule has 0 saturated carbocycles. The maximum Gasteiger partial charge on any atom is 0.325 e. The van der Waals surface area contributed by atoms with Gasteiger partial charge < -0.3 is 25.4 Å². The summed E-state index contributed by atoms with van der Waals surface area (Å²) in [7, 11) is 0. The fourth-order valence-corrected chi connectivity index (χ4v) is 1.91. The van der Waals surface area contributed by atoms with Gasteiger partial charge in [0.2, 0.25) is 0 Å². The van der Waals surface area contributed by atoms with Crippen molar-refractivity contribution in [3.05, 3.63) is 12.3 Å². The van der Waals surface area contributed by atoms with Gasteiger partial charge in [-0.3, -0.25) is 10.7 Å². The molecule has 9 nitrogen and oxygen atoms in total. The number of hydrazine groups is 1. The highest BCUT2D eigenvalue weighted by molar-refractivity contribution is 5.77. The van der Waals surface area contributed by atoms with Crippen LogP contribution in [0.1, 0.15) is 0 Å². The number of carbonyl (C=O) groups excluding carboxylic acids is 1. The molecule has 1 fully saturated rings. The van der Waals surface area contributed by atoms with Crippen molar-refractivity contribution in [3.63, 3.8) is 0 Å². The molecular formula is C9H16N4O5. The second-order valence-corrected chi connectivity index (χ2v) is 4.07. The summed E-state index contributed by atoms with van der Waals surface area (Å²) in [5, 5.41) is 30.8. The molecule has 7 N–H and O–H groups in total. The molecule has 0 spiro atoms. The van der Waals surface area contributed by atoms with Crippen LogP contribution in [-0.2, 0) is 4.74 Å². The Morgan fingerprint density at radius 1 is 1.50 bits per heavy atom. The minimum Gasteiger partial charge on any atom is -0.394 e. The lowest BCUT2D eigenvalue weighted by molar-refractivity contribution is -0.0662. The fraction of sp³-hybridized carbons (Fsp3) is 0.667. The second kappa shape index (κ2) is 5.18. The molecule has 102 valence electrons. The van der Waals surface area contributed by atoms with Gasteiger partial charge in [-0.25, -0.2) is 10.2 Å². The van der Waals surface area contributed by atoms with Gasteiger partial charge in [0.25, 0.3) is 0 Å². The highest BCUT2D eigenvalue weighted by atomic mass is 16.6. The summed E-state index contributed by atoms with van der Waals surface area (Å²) >= 11 is 0. The monoisotopic (exact) mass is 260 g/mol. The molecule has 2 amide bonds. The average Bonchev–Trinajstić information content (AvgIpc) is 2.66. The molecule has 2 rings (SSSR count). The smallest absolute Gasteiger partial charge is 0.325 e. The SMILES string of the molecule is NNC1C=CN([C@@H]2O[C@H](CO)[C@@H](O)[C@H]2O)C(=O)N1. The highest BCUT2D eigenvalue weighted by Gasteiger charge is 2.46. The van der Waals surface area contributed by atoms with Crippen LogP contribution in [0.4, 0.5) is 4.79 Å². The quantitative estimate of drug-likeness (QED) is 0.231. The zero-order chi connectivity index (χ0) is 13.3. The first-order chi connectivity index (χ1) is 8.58. The van der Waals surface area contributed by atoms with Gasteiger partial charge in [-0.2, -0.15) is 0 Å². The lowest BCUT2D eigenvalue weighted by atomic mass is 10.1. The Kier molecular flexibility index (Phi) is 3.80. The average molecular weight is 260 g/mol. The Morgan fingerprint density at radius 3 is 2.72 bits per heavy atom. The third-order valence-electron chi connectivity index (χ3n) is 2.92. The molecule has 2 aliphatic heterocycles. The standard InChI is InChI=1S/C9H16N4O5/c10-12-5-1-2-13(9(17)11-5)8-7(16)6(15)4(3-14)18-8/h1-2,4-8,12,14-16H,3,10H2,(H,11,17)/t4-,5?,6-,7-,8-/m1/s1. The summed E-state index contributed by atoms with van der Waals surface area (Å²) < 4.78 is 5.23. The van der Waals surface area contributed by atoms with Gasteiger partial charge >= 0.3 is 6.03 Å². The van der Waals surface area contributed by atoms with Crippen molar-refractivity contribution in [2.75, 3.05) is 6.61 Å². The van der Waals surface area contributed by atoms with E-state index in [0.717, 1.165) is 4.90 Å². The summed E-state index contributed by atoms with van der Waals surface area (Å²) in [5.41, 5.74) is 2.35. The molecule has 1 saturated heterocycles. The molecule has 5 atom stereocenters. The van der Waals surface area contributed by atoms with Crippen molar-refractivity contribution in [1.29, 1.82) is 0 Å². The van der Waals surface area contributed by atoms with Crippen LogP contribution in [0.5, 0.6) is 0 Å². The van der Waals surface area contributed by atoms with E-state index in [1.807, 2.05) is 0 Å². The number of rotatable bonds is 3. The van der Waals surface area contributed by atoms with Crippen molar-refractivity contribution in [2.24, 2.45) is 5.84 Å². The van der Waals surface area contributed by atoms with Crippen LogP contribution in [0, 0.1) is 0 Å². The lowest BCUT2D eigenvalue weighted by Crippen LogP contribution is -2.57. The molecule has 18 heavy (non-hydrogen) atoms. The van der Waals surface area contributed by atoms with Crippen molar-refractivity contribution >= 4 is 6.03 Å². The third kappa shape index (κ3) is 2.19. The molecule has 0 aromatic carbocycles. The highest BCUT2D eigenvalue weighted by Crippen LogP contribution is 2.25. The van der Waals surface area contributed by atoms with Gasteiger partial charge in [0.05, 0.1) is 6.61 Å². The number of hydrogen-bond donors (Lipinski definition) is 6. The molecule has 0 radical (unpaired) electrons. The summed E-state index contributed by atoms with van der Waals surface area (Å²) in [6.45, 7) is -0.444. The van der Waals surface area contributed by atoms with Crippen LogP contribution in [0.15, 0.2) is 12.3 Å². The second-order valence-electron chi connectivity index (χ2n) is 4.07. The minimum atomic E-state index is -1.29. The minimum absolute atomic E-state index is 0.444.